The number of aryl methyl sites for hydroxylation is 2. The van der Waals surface area contributed by atoms with Gasteiger partial charge in [-0.25, -0.2) is 8.42 Å². The van der Waals surface area contributed by atoms with Crippen molar-refractivity contribution in [3.8, 4) is 5.75 Å². The fourth-order valence-corrected chi connectivity index (χ4v) is 6.65. The van der Waals surface area contributed by atoms with Gasteiger partial charge >= 0.3 is 0 Å². The Kier molecular flexibility index (Phi) is 10.3. The summed E-state index contributed by atoms with van der Waals surface area (Å²) in [5.74, 6) is -0.555. The molecular weight excluding hydrogens is 688 g/mol. The summed E-state index contributed by atoms with van der Waals surface area (Å²) in [6.45, 7) is 5.68. The van der Waals surface area contributed by atoms with Gasteiger partial charge in [0.1, 0.15) is 10.6 Å². The second kappa shape index (κ2) is 13.8. The largest absolute Gasteiger partial charge is 0.492 e. The summed E-state index contributed by atoms with van der Waals surface area (Å²) in [7, 11) is -8.09. The van der Waals surface area contributed by atoms with Crippen molar-refractivity contribution >= 4 is 70.4 Å². The van der Waals surface area contributed by atoms with Crippen LogP contribution in [-0.4, -0.2) is 34.5 Å². The molecule has 10 nitrogen and oxygen atoms in total. The number of rotatable bonds is 9. The van der Waals surface area contributed by atoms with E-state index < -0.39 is 25.8 Å². The summed E-state index contributed by atoms with van der Waals surface area (Å²) in [5.41, 5.74) is 2.70. The summed E-state index contributed by atoms with van der Waals surface area (Å²) in [5, 5.41) is 9.10. The van der Waals surface area contributed by atoms with Crippen molar-refractivity contribution in [1.29, 1.82) is 0 Å². The first kappa shape index (κ1) is 32.9. The number of nitrogens with one attached hydrogen (secondary N) is 2. The molecule has 4 aromatic carbocycles. The van der Waals surface area contributed by atoms with Crippen LogP contribution in [0.2, 0.25) is 0 Å². The number of benzene rings is 4. The minimum absolute atomic E-state index is 0.0314. The first-order valence-electron chi connectivity index (χ1n) is 13.1. The van der Waals surface area contributed by atoms with E-state index in [-0.39, 0.29) is 37.7 Å². The summed E-state index contributed by atoms with van der Waals surface area (Å²) >= 11 is 8.55. The smallest absolute Gasteiger partial charge is 0.299 e. The highest BCUT2D eigenvalue weighted by atomic mass is 79.9. The minimum Gasteiger partial charge on any atom is -0.492 e. The number of halogens is 1. The highest BCUT2D eigenvalue weighted by molar-refractivity contribution is 9.10. The van der Waals surface area contributed by atoms with Crippen LogP contribution in [0.15, 0.2) is 114 Å². The maximum absolute atomic E-state index is 13.4. The van der Waals surface area contributed by atoms with E-state index in [1.165, 1.54) is 54.6 Å². The number of ether oxygens (including phenoxy) is 1. The first-order chi connectivity index (χ1) is 20.8. The number of thiocarbonyl (C=S) groups is 1. The number of amides is 1. The Morgan fingerprint density at radius 1 is 0.886 bits per heavy atom. The van der Waals surface area contributed by atoms with Crippen LogP contribution in [-0.2, 0) is 19.9 Å². The van der Waals surface area contributed by atoms with Gasteiger partial charge in [-0.15, -0.1) is 5.11 Å². The molecule has 0 aliphatic heterocycles. The van der Waals surface area contributed by atoms with Gasteiger partial charge in [-0.05, 0) is 111 Å². The second-order valence-corrected chi connectivity index (χ2v) is 14.3. The Labute approximate surface area is 269 Å². The van der Waals surface area contributed by atoms with Crippen LogP contribution in [0.25, 0.3) is 0 Å². The molecule has 0 aliphatic rings. The lowest BCUT2D eigenvalue weighted by molar-refractivity contribution is 0.0977. The molecule has 0 atom stereocenters. The van der Waals surface area contributed by atoms with Gasteiger partial charge < -0.3 is 10.1 Å². The maximum Gasteiger partial charge on any atom is 0.299 e. The average molecular weight is 716 g/mol. The van der Waals surface area contributed by atoms with Crippen molar-refractivity contribution in [1.82, 2.24) is 5.32 Å². The number of hydrogen-bond acceptors (Lipinski definition) is 8. The monoisotopic (exact) mass is 714 g/mol. The maximum atomic E-state index is 13.4. The van der Waals surface area contributed by atoms with Gasteiger partial charge in [0.05, 0.1) is 22.1 Å². The molecule has 0 saturated carbocycles. The Hall–Kier alpha value is -3.98. The number of sulfone groups is 1. The summed E-state index contributed by atoms with van der Waals surface area (Å²) < 4.78 is 61.9. The van der Waals surface area contributed by atoms with E-state index in [4.69, 9.17) is 17.0 Å². The van der Waals surface area contributed by atoms with E-state index in [0.717, 1.165) is 11.1 Å². The summed E-state index contributed by atoms with van der Waals surface area (Å²) in [4.78, 5) is 12.8. The molecule has 14 heteroatoms. The molecule has 4 aromatic rings. The van der Waals surface area contributed by atoms with Crippen molar-refractivity contribution in [2.24, 2.45) is 9.63 Å². The van der Waals surface area contributed by atoms with E-state index in [0.29, 0.717) is 15.8 Å². The molecule has 1 amide bonds. The molecular formula is C30H27BrN4O6S3. The number of sulfonamides is 1. The number of anilines is 1. The number of nitrogens with zero attached hydrogens (tertiary/aromatic N) is 2. The van der Waals surface area contributed by atoms with Crippen LogP contribution in [0.4, 0.5) is 11.4 Å². The van der Waals surface area contributed by atoms with Gasteiger partial charge in [0.15, 0.2) is 5.11 Å². The molecule has 2 N–H and O–H groups in total. The zero-order chi connectivity index (χ0) is 32.1. The third kappa shape index (κ3) is 7.94. The summed E-state index contributed by atoms with van der Waals surface area (Å²) in [6, 6.07) is 21.1. The van der Waals surface area contributed by atoms with Crippen LogP contribution < -0.4 is 15.4 Å². The average Bonchev–Trinajstić information content (AvgIpc) is 2.97. The van der Waals surface area contributed by atoms with Gasteiger partial charge in [-0.3, -0.25) is 10.1 Å². The Balaban J connectivity index is 1.46. The van der Waals surface area contributed by atoms with Gasteiger partial charge in [-0.2, -0.15) is 8.42 Å². The van der Waals surface area contributed by atoms with Crippen LogP contribution in [0, 0.1) is 13.8 Å². The molecule has 4 rings (SSSR count). The lowest BCUT2D eigenvalue weighted by Crippen LogP contribution is -2.34. The van der Waals surface area contributed by atoms with Gasteiger partial charge in [0.2, 0.25) is 9.84 Å². The Bertz CT molecular complexity index is 1960. The normalized spacial score (nSPS) is 11.7. The van der Waals surface area contributed by atoms with E-state index in [1.807, 2.05) is 26.0 Å². The lowest BCUT2D eigenvalue weighted by Gasteiger charge is -2.14. The molecule has 0 heterocycles. The first-order valence-corrected chi connectivity index (χ1v) is 17.2. The zero-order valence-electron chi connectivity index (χ0n) is 23.7. The summed E-state index contributed by atoms with van der Waals surface area (Å²) in [6.07, 6.45) is 0. The highest BCUT2D eigenvalue weighted by Gasteiger charge is 2.24. The van der Waals surface area contributed by atoms with Crippen molar-refractivity contribution in [3.05, 3.63) is 106 Å². The van der Waals surface area contributed by atoms with E-state index >= 15 is 0 Å². The molecule has 0 saturated heterocycles. The van der Waals surface area contributed by atoms with E-state index in [1.54, 1.807) is 25.1 Å². The van der Waals surface area contributed by atoms with Crippen molar-refractivity contribution in [2.75, 3.05) is 11.9 Å². The van der Waals surface area contributed by atoms with Gasteiger partial charge in [0.25, 0.3) is 15.9 Å². The molecule has 0 bridgehead atoms. The fourth-order valence-electron chi connectivity index (χ4n) is 3.99. The topological polar surface area (TPSA) is 143 Å². The molecule has 44 heavy (non-hydrogen) atoms. The van der Waals surface area contributed by atoms with Crippen molar-refractivity contribution in [3.63, 3.8) is 0 Å². The molecule has 0 radical (unpaired) electrons. The minimum atomic E-state index is -4.07. The quantitative estimate of drug-likeness (QED) is 0.141. The molecule has 0 spiro atoms. The van der Waals surface area contributed by atoms with Crippen LogP contribution in [0.1, 0.15) is 28.4 Å². The molecule has 0 aromatic heterocycles. The van der Waals surface area contributed by atoms with E-state index in [2.05, 4.69) is 36.2 Å². The third-order valence-corrected chi connectivity index (χ3v) is 9.85. The van der Waals surface area contributed by atoms with Crippen molar-refractivity contribution < 1.29 is 26.4 Å². The molecule has 0 unspecified atom stereocenters. The van der Waals surface area contributed by atoms with Crippen LogP contribution >= 0.6 is 28.1 Å². The highest BCUT2D eigenvalue weighted by Crippen LogP contribution is 2.31. The SMILES string of the molecule is CCOc1ccc(C(=O)NC(=S)Nc2ccc(S(=O)(=O)N=Nc3ccc(C)cc3C)cc2)cc1S(=O)(=O)c1ccc(Br)cc1. The Morgan fingerprint density at radius 2 is 1.55 bits per heavy atom. The predicted octanol–water partition coefficient (Wildman–Crippen LogP) is 6.90. The zero-order valence-corrected chi connectivity index (χ0v) is 27.8. The van der Waals surface area contributed by atoms with Crippen LogP contribution in [0.3, 0.4) is 0 Å². The number of carbonyl (C=O) groups excluding carboxylic acids is 1. The second-order valence-electron chi connectivity index (χ2n) is 9.43. The van der Waals surface area contributed by atoms with Gasteiger partial charge in [0, 0.05) is 15.7 Å². The van der Waals surface area contributed by atoms with Crippen LogP contribution in [0.5, 0.6) is 5.75 Å². The molecule has 0 aliphatic carbocycles. The number of carbonyl (C=O) groups is 1. The standard InChI is InChI=1S/C30H27BrN4O6S3/c1-4-41-27-16-6-21(18-28(27)43(37,38)24-11-7-22(31)8-12-24)29(36)33-30(42)32-23-9-13-25(14-10-23)44(39,40)35-34-26-15-5-19(2)17-20(26)3/h5-18H,4H2,1-3H3,(H2,32,33,36,42). The predicted molar refractivity (Wildman–Crippen MR) is 175 cm³/mol. The fraction of sp³-hybridized carbons (Fsp3) is 0.133. The lowest BCUT2D eigenvalue weighted by atomic mass is 10.1. The Morgan fingerprint density at radius 3 is 2.18 bits per heavy atom. The van der Waals surface area contributed by atoms with Crippen molar-refractivity contribution in [2.45, 2.75) is 35.5 Å². The van der Waals surface area contributed by atoms with E-state index in [9.17, 15) is 21.6 Å². The van der Waals surface area contributed by atoms with Gasteiger partial charge in [-0.1, -0.05) is 38.1 Å². The third-order valence-electron chi connectivity index (χ3n) is 6.16. The molecule has 0 fully saturated rings. The molecule has 228 valence electrons. The number of hydrogen-bond donors (Lipinski definition) is 2.